The molecular formula is C23H33N5O. The molecule has 0 spiro atoms. The molecule has 156 valence electrons. The van der Waals surface area contributed by atoms with Crippen LogP contribution < -0.4 is 10.6 Å². The molecule has 0 bridgehead atoms. The number of rotatable bonds is 7. The van der Waals surface area contributed by atoms with Gasteiger partial charge in [0, 0.05) is 43.9 Å². The van der Waals surface area contributed by atoms with Gasteiger partial charge in [-0.3, -0.25) is 4.90 Å². The van der Waals surface area contributed by atoms with Crippen LogP contribution in [-0.2, 0) is 4.74 Å². The van der Waals surface area contributed by atoms with E-state index in [1.807, 2.05) is 6.07 Å². The van der Waals surface area contributed by atoms with E-state index in [1.54, 1.807) is 0 Å². The molecule has 0 amide bonds. The van der Waals surface area contributed by atoms with E-state index in [0.717, 1.165) is 62.4 Å². The molecule has 2 N–H and O–H groups in total. The maximum atomic E-state index is 5.43. The SMILES string of the molecule is c1ccc(-c2cc(NCCN3CCOCC3)nc(NC3CCCCCC3)n2)cc1. The third kappa shape index (κ3) is 6.15. The molecule has 6 heteroatoms. The first kappa shape index (κ1) is 20.1. The fourth-order valence-corrected chi connectivity index (χ4v) is 4.13. The summed E-state index contributed by atoms with van der Waals surface area (Å²) in [6.45, 7) is 5.56. The van der Waals surface area contributed by atoms with Crippen molar-refractivity contribution < 1.29 is 4.74 Å². The average Bonchev–Trinajstić information content (AvgIpc) is 3.04. The molecule has 6 nitrogen and oxygen atoms in total. The predicted octanol–water partition coefficient (Wildman–Crippen LogP) is 4.02. The normalized spacial score (nSPS) is 18.9. The predicted molar refractivity (Wildman–Crippen MR) is 118 cm³/mol. The molecule has 1 saturated heterocycles. The van der Waals surface area contributed by atoms with Crippen LogP contribution in [0.3, 0.4) is 0 Å². The van der Waals surface area contributed by atoms with Crippen LogP contribution in [0, 0.1) is 0 Å². The lowest BCUT2D eigenvalue weighted by molar-refractivity contribution is 0.0398. The Labute approximate surface area is 174 Å². The monoisotopic (exact) mass is 395 g/mol. The Morgan fingerprint density at radius 1 is 0.966 bits per heavy atom. The van der Waals surface area contributed by atoms with Gasteiger partial charge in [-0.1, -0.05) is 56.0 Å². The second kappa shape index (κ2) is 10.6. The first-order valence-corrected chi connectivity index (χ1v) is 11.1. The Bertz CT molecular complexity index is 740. The molecule has 1 saturated carbocycles. The molecule has 1 aliphatic carbocycles. The second-order valence-corrected chi connectivity index (χ2v) is 8.04. The van der Waals surface area contributed by atoms with Gasteiger partial charge in [-0.05, 0) is 12.8 Å². The molecule has 0 unspecified atom stereocenters. The number of morpholine rings is 1. The minimum Gasteiger partial charge on any atom is -0.379 e. The second-order valence-electron chi connectivity index (χ2n) is 8.04. The zero-order valence-corrected chi connectivity index (χ0v) is 17.3. The highest BCUT2D eigenvalue weighted by Crippen LogP contribution is 2.24. The number of hydrogen-bond acceptors (Lipinski definition) is 6. The van der Waals surface area contributed by atoms with Crippen molar-refractivity contribution in [3.63, 3.8) is 0 Å². The Hall–Kier alpha value is -2.18. The van der Waals surface area contributed by atoms with E-state index in [1.165, 1.54) is 38.5 Å². The number of aromatic nitrogens is 2. The number of nitrogens with one attached hydrogen (secondary N) is 2. The van der Waals surface area contributed by atoms with Gasteiger partial charge in [0.1, 0.15) is 5.82 Å². The van der Waals surface area contributed by atoms with Crippen LogP contribution in [0.15, 0.2) is 36.4 Å². The highest BCUT2D eigenvalue weighted by molar-refractivity contribution is 5.64. The van der Waals surface area contributed by atoms with Gasteiger partial charge < -0.3 is 15.4 Å². The smallest absolute Gasteiger partial charge is 0.225 e. The summed E-state index contributed by atoms with van der Waals surface area (Å²) in [6.07, 6.45) is 7.69. The molecule has 2 fully saturated rings. The summed E-state index contributed by atoms with van der Waals surface area (Å²) >= 11 is 0. The highest BCUT2D eigenvalue weighted by atomic mass is 16.5. The fraction of sp³-hybridized carbons (Fsp3) is 0.565. The van der Waals surface area contributed by atoms with E-state index >= 15 is 0 Å². The van der Waals surface area contributed by atoms with Crippen molar-refractivity contribution in [2.75, 3.05) is 50.0 Å². The molecule has 0 atom stereocenters. The first-order valence-electron chi connectivity index (χ1n) is 11.1. The minimum absolute atomic E-state index is 0.477. The van der Waals surface area contributed by atoms with Gasteiger partial charge in [-0.25, -0.2) is 4.98 Å². The van der Waals surface area contributed by atoms with Gasteiger partial charge in [0.25, 0.3) is 0 Å². The van der Waals surface area contributed by atoms with Gasteiger partial charge in [-0.15, -0.1) is 0 Å². The standard InChI is InChI=1S/C23H33N5O/c1-2-7-11-20(10-6-1)25-23-26-21(19-8-4-3-5-9-19)18-22(27-23)24-12-13-28-14-16-29-17-15-28/h3-5,8-9,18,20H,1-2,6-7,10-17H2,(H2,24,25,26,27). The van der Waals surface area contributed by atoms with Gasteiger partial charge >= 0.3 is 0 Å². The molecule has 0 radical (unpaired) electrons. The molecule has 4 rings (SSSR count). The summed E-state index contributed by atoms with van der Waals surface area (Å²) in [4.78, 5) is 12.1. The Kier molecular flexibility index (Phi) is 7.32. The van der Waals surface area contributed by atoms with Crippen LogP contribution in [-0.4, -0.2) is 60.3 Å². The topological polar surface area (TPSA) is 62.3 Å². The number of benzene rings is 1. The van der Waals surface area contributed by atoms with E-state index in [9.17, 15) is 0 Å². The number of anilines is 2. The molecular weight excluding hydrogens is 362 g/mol. The molecule has 1 aliphatic heterocycles. The van der Waals surface area contributed by atoms with Crippen molar-refractivity contribution in [2.24, 2.45) is 0 Å². The van der Waals surface area contributed by atoms with E-state index in [4.69, 9.17) is 14.7 Å². The molecule has 29 heavy (non-hydrogen) atoms. The van der Waals surface area contributed by atoms with Crippen LogP contribution in [0.1, 0.15) is 38.5 Å². The van der Waals surface area contributed by atoms with Crippen molar-refractivity contribution in [3.8, 4) is 11.3 Å². The number of nitrogens with zero attached hydrogens (tertiary/aromatic N) is 3. The van der Waals surface area contributed by atoms with Crippen LogP contribution in [0.2, 0.25) is 0 Å². The third-order valence-electron chi connectivity index (χ3n) is 5.82. The zero-order chi connectivity index (χ0) is 19.7. The van der Waals surface area contributed by atoms with Crippen molar-refractivity contribution >= 4 is 11.8 Å². The van der Waals surface area contributed by atoms with Gasteiger partial charge in [-0.2, -0.15) is 4.98 Å². The van der Waals surface area contributed by atoms with Crippen molar-refractivity contribution in [1.82, 2.24) is 14.9 Å². The quantitative estimate of drug-likeness (QED) is 0.691. The summed E-state index contributed by atoms with van der Waals surface area (Å²) < 4.78 is 5.43. The van der Waals surface area contributed by atoms with E-state index in [2.05, 4.69) is 45.9 Å². The van der Waals surface area contributed by atoms with E-state index in [0.29, 0.717) is 6.04 Å². The maximum Gasteiger partial charge on any atom is 0.225 e. The first-order chi connectivity index (χ1) is 14.4. The molecule has 2 aromatic rings. The Balaban J connectivity index is 1.46. The molecule has 2 aliphatic rings. The zero-order valence-electron chi connectivity index (χ0n) is 17.3. The number of hydrogen-bond donors (Lipinski definition) is 2. The number of ether oxygens (including phenoxy) is 1. The third-order valence-corrected chi connectivity index (χ3v) is 5.82. The van der Waals surface area contributed by atoms with Gasteiger partial charge in [0.05, 0.1) is 18.9 Å². The molecule has 2 heterocycles. The van der Waals surface area contributed by atoms with Crippen molar-refractivity contribution in [3.05, 3.63) is 36.4 Å². The van der Waals surface area contributed by atoms with Crippen LogP contribution >= 0.6 is 0 Å². The largest absolute Gasteiger partial charge is 0.379 e. The summed E-state index contributed by atoms with van der Waals surface area (Å²) in [5.41, 5.74) is 2.08. The summed E-state index contributed by atoms with van der Waals surface area (Å²) in [6, 6.07) is 12.9. The Morgan fingerprint density at radius 2 is 1.72 bits per heavy atom. The molecule has 1 aromatic heterocycles. The van der Waals surface area contributed by atoms with Crippen molar-refractivity contribution in [1.29, 1.82) is 0 Å². The van der Waals surface area contributed by atoms with Gasteiger partial charge in [0.2, 0.25) is 5.95 Å². The summed E-state index contributed by atoms with van der Waals surface area (Å²) in [5, 5.41) is 7.14. The van der Waals surface area contributed by atoms with Crippen LogP contribution in [0.25, 0.3) is 11.3 Å². The van der Waals surface area contributed by atoms with Crippen LogP contribution in [0.4, 0.5) is 11.8 Å². The lowest BCUT2D eigenvalue weighted by Gasteiger charge is -2.26. The summed E-state index contributed by atoms with van der Waals surface area (Å²) in [5.74, 6) is 1.63. The van der Waals surface area contributed by atoms with Crippen molar-refractivity contribution in [2.45, 2.75) is 44.6 Å². The van der Waals surface area contributed by atoms with Crippen LogP contribution in [0.5, 0.6) is 0 Å². The lowest BCUT2D eigenvalue weighted by atomic mass is 10.1. The maximum absolute atomic E-state index is 5.43. The van der Waals surface area contributed by atoms with Gasteiger partial charge in [0.15, 0.2) is 0 Å². The minimum atomic E-state index is 0.477. The van der Waals surface area contributed by atoms with E-state index < -0.39 is 0 Å². The lowest BCUT2D eigenvalue weighted by Crippen LogP contribution is -2.39. The Morgan fingerprint density at radius 3 is 2.48 bits per heavy atom. The average molecular weight is 396 g/mol. The van der Waals surface area contributed by atoms with E-state index in [-0.39, 0.29) is 0 Å². The summed E-state index contributed by atoms with van der Waals surface area (Å²) in [7, 11) is 0. The molecule has 1 aromatic carbocycles. The fourth-order valence-electron chi connectivity index (χ4n) is 4.13. The highest BCUT2D eigenvalue weighted by Gasteiger charge is 2.15.